The lowest BCUT2D eigenvalue weighted by Gasteiger charge is -2.13. The quantitative estimate of drug-likeness (QED) is 0.742. The molecular formula is C13H15NO2. The van der Waals surface area contributed by atoms with Gasteiger partial charge in [0, 0.05) is 18.0 Å². The second kappa shape index (κ2) is 5.91. The van der Waals surface area contributed by atoms with Crippen molar-refractivity contribution in [1.82, 2.24) is 0 Å². The molecule has 1 aromatic carbocycles. The van der Waals surface area contributed by atoms with Gasteiger partial charge < -0.3 is 10.8 Å². The third kappa shape index (κ3) is 3.39. The minimum Gasteiger partial charge on any atom is -0.481 e. The maximum absolute atomic E-state index is 10.5. The van der Waals surface area contributed by atoms with Crippen molar-refractivity contribution < 1.29 is 9.90 Å². The van der Waals surface area contributed by atoms with Crippen molar-refractivity contribution in [3.63, 3.8) is 0 Å². The number of carboxylic acid groups (broad SMARTS) is 1. The molecule has 0 heterocycles. The molecule has 1 rings (SSSR count). The average Bonchev–Trinajstić information content (AvgIpc) is 2.29. The summed E-state index contributed by atoms with van der Waals surface area (Å²) in [5.74, 6) is -0.841. The van der Waals surface area contributed by atoms with Crippen LogP contribution in [0.15, 0.2) is 42.6 Å². The Morgan fingerprint density at radius 1 is 1.44 bits per heavy atom. The fraction of sp³-hybridized carbons (Fsp3) is 0.231. The standard InChI is InChI=1S/C13H15NO2/c1-2-11(10-6-4-3-5-7-10)12(14)8-9-13(15)16/h3-7,12H,1,8-9,14H2,(H,15,16). The SMILES string of the molecule is C=C=C(c1ccccc1)C(N)CCC(=O)O. The fourth-order valence-corrected chi connectivity index (χ4v) is 1.49. The van der Waals surface area contributed by atoms with Crippen molar-refractivity contribution in [1.29, 1.82) is 0 Å². The molecule has 0 saturated carbocycles. The molecular weight excluding hydrogens is 202 g/mol. The molecule has 0 radical (unpaired) electrons. The first kappa shape index (κ1) is 12.2. The minimum absolute atomic E-state index is 0.0547. The number of hydrogen-bond donors (Lipinski definition) is 2. The van der Waals surface area contributed by atoms with Gasteiger partial charge in [-0.1, -0.05) is 36.9 Å². The molecule has 0 aromatic heterocycles. The zero-order chi connectivity index (χ0) is 12.0. The van der Waals surface area contributed by atoms with E-state index in [1.54, 1.807) is 0 Å². The predicted octanol–water partition coefficient (Wildman–Crippen LogP) is 2.05. The van der Waals surface area contributed by atoms with Crippen LogP contribution in [0.5, 0.6) is 0 Å². The molecule has 3 N–H and O–H groups in total. The van der Waals surface area contributed by atoms with Crippen molar-refractivity contribution in [2.24, 2.45) is 5.73 Å². The maximum atomic E-state index is 10.5. The van der Waals surface area contributed by atoms with E-state index >= 15 is 0 Å². The summed E-state index contributed by atoms with van der Waals surface area (Å²) in [4.78, 5) is 10.5. The number of aliphatic carboxylic acids is 1. The van der Waals surface area contributed by atoms with Crippen molar-refractivity contribution in [3.8, 4) is 0 Å². The number of carbonyl (C=O) groups is 1. The maximum Gasteiger partial charge on any atom is 0.303 e. The van der Waals surface area contributed by atoms with Gasteiger partial charge in [-0.3, -0.25) is 4.79 Å². The Hall–Kier alpha value is -1.83. The van der Waals surface area contributed by atoms with Crippen molar-refractivity contribution in [2.45, 2.75) is 18.9 Å². The van der Waals surface area contributed by atoms with Gasteiger partial charge in [0.1, 0.15) is 0 Å². The Bertz CT molecular complexity index is 405. The minimum atomic E-state index is -0.841. The summed E-state index contributed by atoms with van der Waals surface area (Å²) in [6.45, 7) is 3.60. The summed E-state index contributed by atoms with van der Waals surface area (Å²) >= 11 is 0. The Kier molecular flexibility index (Phi) is 4.52. The van der Waals surface area contributed by atoms with Crippen LogP contribution in [0.3, 0.4) is 0 Å². The van der Waals surface area contributed by atoms with Gasteiger partial charge in [-0.25, -0.2) is 0 Å². The highest BCUT2D eigenvalue weighted by Crippen LogP contribution is 2.18. The summed E-state index contributed by atoms with van der Waals surface area (Å²) in [6, 6.07) is 9.19. The number of hydrogen-bond acceptors (Lipinski definition) is 2. The molecule has 0 fully saturated rings. The Labute approximate surface area is 94.9 Å². The summed E-state index contributed by atoms with van der Waals surface area (Å²) in [5, 5.41) is 8.59. The Morgan fingerprint density at radius 3 is 2.56 bits per heavy atom. The molecule has 1 unspecified atom stereocenters. The van der Waals surface area contributed by atoms with Gasteiger partial charge in [0.05, 0.1) is 0 Å². The molecule has 16 heavy (non-hydrogen) atoms. The van der Waals surface area contributed by atoms with Crippen LogP contribution in [0.2, 0.25) is 0 Å². The number of carboxylic acids is 1. The van der Waals surface area contributed by atoms with E-state index in [9.17, 15) is 4.79 Å². The zero-order valence-corrected chi connectivity index (χ0v) is 9.02. The second-order valence-electron chi connectivity index (χ2n) is 3.50. The summed E-state index contributed by atoms with van der Waals surface area (Å²) < 4.78 is 0. The van der Waals surface area contributed by atoms with Gasteiger partial charge >= 0.3 is 5.97 Å². The molecule has 1 atom stereocenters. The van der Waals surface area contributed by atoms with Crippen LogP contribution in [0.4, 0.5) is 0 Å². The van der Waals surface area contributed by atoms with Crippen LogP contribution < -0.4 is 5.73 Å². The van der Waals surface area contributed by atoms with Crippen LogP contribution in [0, 0.1) is 0 Å². The molecule has 0 amide bonds. The lowest BCUT2D eigenvalue weighted by molar-refractivity contribution is -0.137. The molecule has 1 aromatic rings. The van der Waals surface area contributed by atoms with Gasteiger partial charge in [0.15, 0.2) is 0 Å². The average molecular weight is 217 g/mol. The predicted molar refractivity (Wildman–Crippen MR) is 63.8 cm³/mol. The van der Waals surface area contributed by atoms with Crippen LogP contribution in [0.1, 0.15) is 18.4 Å². The van der Waals surface area contributed by atoms with E-state index in [0.29, 0.717) is 6.42 Å². The highest BCUT2D eigenvalue weighted by atomic mass is 16.4. The van der Waals surface area contributed by atoms with Crippen molar-refractivity contribution >= 4 is 11.5 Å². The topological polar surface area (TPSA) is 63.3 Å². The summed E-state index contributed by atoms with van der Waals surface area (Å²) in [5.41, 5.74) is 10.4. The van der Waals surface area contributed by atoms with E-state index in [1.165, 1.54) is 0 Å². The van der Waals surface area contributed by atoms with Gasteiger partial charge in [0.25, 0.3) is 0 Å². The molecule has 84 valence electrons. The fourth-order valence-electron chi connectivity index (χ4n) is 1.49. The first-order valence-electron chi connectivity index (χ1n) is 5.08. The van der Waals surface area contributed by atoms with Crippen LogP contribution >= 0.6 is 0 Å². The second-order valence-corrected chi connectivity index (χ2v) is 3.50. The van der Waals surface area contributed by atoms with Crippen LogP contribution in [-0.4, -0.2) is 17.1 Å². The number of benzene rings is 1. The molecule has 0 spiro atoms. The molecule has 0 aliphatic rings. The first-order chi connectivity index (χ1) is 7.65. The lowest BCUT2D eigenvalue weighted by Crippen LogP contribution is -2.22. The van der Waals surface area contributed by atoms with Crippen molar-refractivity contribution in [2.75, 3.05) is 0 Å². The molecule has 0 saturated heterocycles. The van der Waals surface area contributed by atoms with E-state index < -0.39 is 5.97 Å². The van der Waals surface area contributed by atoms with Gasteiger partial charge in [-0.15, -0.1) is 5.73 Å². The van der Waals surface area contributed by atoms with Crippen molar-refractivity contribution in [3.05, 3.63) is 48.2 Å². The monoisotopic (exact) mass is 217 g/mol. The van der Waals surface area contributed by atoms with E-state index in [2.05, 4.69) is 12.3 Å². The normalized spacial score (nSPS) is 11.6. The Balaban J connectivity index is 2.77. The summed E-state index contributed by atoms with van der Waals surface area (Å²) in [7, 11) is 0. The number of nitrogens with two attached hydrogens (primary N) is 1. The van der Waals surface area contributed by atoms with E-state index in [4.69, 9.17) is 10.8 Å². The van der Waals surface area contributed by atoms with E-state index in [0.717, 1.165) is 11.1 Å². The number of rotatable bonds is 5. The van der Waals surface area contributed by atoms with Crippen LogP contribution in [0.25, 0.3) is 5.57 Å². The molecule has 0 bridgehead atoms. The molecule has 3 heteroatoms. The molecule has 3 nitrogen and oxygen atoms in total. The largest absolute Gasteiger partial charge is 0.481 e. The highest BCUT2D eigenvalue weighted by molar-refractivity contribution is 5.70. The molecule has 0 aliphatic carbocycles. The Morgan fingerprint density at radius 2 is 2.06 bits per heavy atom. The zero-order valence-electron chi connectivity index (χ0n) is 9.02. The van der Waals surface area contributed by atoms with Gasteiger partial charge in [0.2, 0.25) is 0 Å². The smallest absolute Gasteiger partial charge is 0.303 e. The molecule has 0 aliphatic heterocycles. The third-order valence-corrected chi connectivity index (χ3v) is 2.32. The van der Waals surface area contributed by atoms with E-state index in [1.807, 2.05) is 30.3 Å². The highest BCUT2D eigenvalue weighted by Gasteiger charge is 2.12. The van der Waals surface area contributed by atoms with E-state index in [-0.39, 0.29) is 12.5 Å². The summed E-state index contributed by atoms with van der Waals surface area (Å²) in [6.07, 6.45) is 0.446. The third-order valence-electron chi connectivity index (χ3n) is 2.32. The van der Waals surface area contributed by atoms with Gasteiger partial charge in [-0.05, 0) is 12.0 Å². The van der Waals surface area contributed by atoms with Gasteiger partial charge in [-0.2, -0.15) is 0 Å². The first-order valence-corrected chi connectivity index (χ1v) is 5.08. The lowest BCUT2D eigenvalue weighted by atomic mass is 9.97. The van der Waals surface area contributed by atoms with Crippen LogP contribution in [-0.2, 0) is 4.79 Å².